The lowest BCUT2D eigenvalue weighted by atomic mass is 9.89. The molecular formula is C14H29N3. The minimum absolute atomic E-state index is 0.307. The molecule has 1 unspecified atom stereocenters. The van der Waals surface area contributed by atoms with Crippen LogP contribution >= 0.6 is 0 Å². The van der Waals surface area contributed by atoms with E-state index < -0.39 is 0 Å². The van der Waals surface area contributed by atoms with Gasteiger partial charge in [-0.3, -0.25) is 4.90 Å². The number of fused-ring (bicyclic) bond motifs is 1. The lowest BCUT2D eigenvalue weighted by Crippen LogP contribution is -2.38. The molecule has 2 heterocycles. The summed E-state index contributed by atoms with van der Waals surface area (Å²) in [6, 6.07) is 0.846. The van der Waals surface area contributed by atoms with E-state index in [1.165, 1.54) is 58.4 Å². The van der Waals surface area contributed by atoms with Gasteiger partial charge in [0.05, 0.1) is 0 Å². The SMILES string of the molecule is CC(C)(CN)CCN1CCCN2CCCC2C1. The predicted octanol–water partition coefficient (Wildman–Crippen LogP) is 1.53. The standard InChI is InChI=1S/C14H29N3/c1-14(2,12-15)6-10-16-7-4-9-17-8-3-5-13(17)11-16/h13H,3-12,15H2,1-2H3. The van der Waals surface area contributed by atoms with E-state index in [2.05, 4.69) is 23.6 Å². The Balaban J connectivity index is 1.80. The molecule has 0 bridgehead atoms. The summed E-state index contributed by atoms with van der Waals surface area (Å²) in [5, 5.41) is 0. The van der Waals surface area contributed by atoms with Crippen LogP contribution in [0.5, 0.6) is 0 Å². The molecule has 0 amide bonds. The monoisotopic (exact) mass is 239 g/mol. The van der Waals surface area contributed by atoms with E-state index in [1.807, 2.05) is 0 Å². The van der Waals surface area contributed by atoms with Gasteiger partial charge in [-0.2, -0.15) is 0 Å². The molecule has 0 aromatic carbocycles. The van der Waals surface area contributed by atoms with Crippen molar-refractivity contribution >= 4 is 0 Å². The van der Waals surface area contributed by atoms with Gasteiger partial charge >= 0.3 is 0 Å². The number of hydrogen-bond acceptors (Lipinski definition) is 3. The Morgan fingerprint density at radius 1 is 1.18 bits per heavy atom. The average molecular weight is 239 g/mol. The van der Waals surface area contributed by atoms with E-state index in [0.717, 1.165) is 12.6 Å². The molecule has 3 nitrogen and oxygen atoms in total. The zero-order valence-electron chi connectivity index (χ0n) is 11.6. The van der Waals surface area contributed by atoms with Crippen LogP contribution in [-0.4, -0.2) is 55.1 Å². The molecule has 2 saturated heterocycles. The summed E-state index contributed by atoms with van der Waals surface area (Å²) in [4.78, 5) is 5.38. The molecule has 17 heavy (non-hydrogen) atoms. The molecule has 0 aromatic rings. The molecule has 2 aliphatic rings. The quantitative estimate of drug-likeness (QED) is 0.807. The summed E-state index contributed by atoms with van der Waals surface area (Å²) >= 11 is 0. The maximum atomic E-state index is 5.81. The van der Waals surface area contributed by atoms with Gasteiger partial charge in [-0.15, -0.1) is 0 Å². The van der Waals surface area contributed by atoms with Crippen molar-refractivity contribution in [3.05, 3.63) is 0 Å². The molecule has 100 valence electrons. The fraction of sp³-hybridized carbons (Fsp3) is 1.00. The summed E-state index contributed by atoms with van der Waals surface area (Å²) in [5.41, 5.74) is 6.12. The van der Waals surface area contributed by atoms with Crippen LogP contribution in [0.1, 0.15) is 39.5 Å². The number of nitrogens with two attached hydrogens (primary N) is 1. The predicted molar refractivity (Wildman–Crippen MR) is 73.1 cm³/mol. The van der Waals surface area contributed by atoms with Gasteiger partial charge in [0.15, 0.2) is 0 Å². The molecule has 0 aliphatic carbocycles. The Kier molecular flexibility index (Phi) is 4.45. The highest BCUT2D eigenvalue weighted by atomic mass is 15.3. The Bertz CT molecular complexity index is 240. The highest BCUT2D eigenvalue weighted by Crippen LogP contribution is 2.23. The van der Waals surface area contributed by atoms with Crippen LogP contribution in [0, 0.1) is 5.41 Å². The van der Waals surface area contributed by atoms with Crippen LogP contribution in [-0.2, 0) is 0 Å². The topological polar surface area (TPSA) is 32.5 Å². The molecular weight excluding hydrogens is 210 g/mol. The van der Waals surface area contributed by atoms with Gasteiger partial charge in [0, 0.05) is 12.6 Å². The number of hydrogen-bond donors (Lipinski definition) is 1. The van der Waals surface area contributed by atoms with E-state index in [-0.39, 0.29) is 0 Å². The van der Waals surface area contributed by atoms with Crippen molar-refractivity contribution in [2.24, 2.45) is 11.1 Å². The molecule has 2 aliphatic heterocycles. The van der Waals surface area contributed by atoms with Gasteiger partial charge in [-0.1, -0.05) is 13.8 Å². The van der Waals surface area contributed by atoms with Gasteiger partial charge < -0.3 is 10.6 Å². The number of rotatable bonds is 4. The fourth-order valence-electron chi connectivity index (χ4n) is 3.05. The Hall–Kier alpha value is -0.120. The Morgan fingerprint density at radius 3 is 2.71 bits per heavy atom. The van der Waals surface area contributed by atoms with Crippen molar-refractivity contribution in [3.63, 3.8) is 0 Å². The average Bonchev–Trinajstić information content (AvgIpc) is 2.65. The van der Waals surface area contributed by atoms with Crippen LogP contribution in [0.2, 0.25) is 0 Å². The van der Waals surface area contributed by atoms with E-state index in [0.29, 0.717) is 5.41 Å². The van der Waals surface area contributed by atoms with Crippen molar-refractivity contribution in [1.82, 2.24) is 9.80 Å². The first-order valence-corrected chi connectivity index (χ1v) is 7.27. The summed E-state index contributed by atoms with van der Waals surface area (Å²) in [5.74, 6) is 0. The molecule has 0 saturated carbocycles. The Morgan fingerprint density at radius 2 is 1.94 bits per heavy atom. The minimum Gasteiger partial charge on any atom is -0.330 e. The van der Waals surface area contributed by atoms with E-state index in [9.17, 15) is 0 Å². The maximum absolute atomic E-state index is 5.81. The zero-order valence-corrected chi connectivity index (χ0v) is 11.6. The van der Waals surface area contributed by atoms with Gasteiger partial charge in [0.2, 0.25) is 0 Å². The van der Waals surface area contributed by atoms with E-state index >= 15 is 0 Å². The Labute approximate surface area is 106 Å². The first kappa shape index (κ1) is 13.3. The minimum atomic E-state index is 0.307. The largest absolute Gasteiger partial charge is 0.330 e. The van der Waals surface area contributed by atoms with Gasteiger partial charge in [-0.25, -0.2) is 0 Å². The summed E-state index contributed by atoms with van der Waals surface area (Å²) in [6.45, 7) is 11.8. The van der Waals surface area contributed by atoms with Crippen molar-refractivity contribution in [1.29, 1.82) is 0 Å². The van der Waals surface area contributed by atoms with Gasteiger partial charge in [-0.05, 0) is 63.8 Å². The third-order valence-corrected chi connectivity index (χ3v) is 4.55. The molecule has 3 heteroatoms. The van der Waals surface area contributed by atoms with E-state index in [1.54, 1.807) is 0 Å². The summed E-state index contributed by atoms with van der Waals surface area (Å²) in [7, 11) is 0. The first-order valence-electron chi connectivity index (χ1n) is 7.27. The third-order valence-electron chi connectivity index (χ3n) is 4.55. The zero-order chi connectivity index (χ0) is 12.3. The van der Waals surface area contributed by atoms with Gasteiger partial charge in [0.25, 0.3) is 0 Å². The molecule has 2 rings (SSSR count). The maximum Gasteiger partial charge on any atom is 0.0223 e. The fourth-order valence-corrected chi connectivity index (χ4v) is 3.05. The first-order chi connectivity index (χ1) is 8.11. The van der Waals surface area contributed by atoms with Crippen LogP contribution in [0.3, 0.4) is 0 Å². The molecule has 0 radical (unpaired) electrons. The molecule has 0 aromatic heterocycles. The molecule has 2 fully saturated rings. The van der Waals surface area contributed by atoms with Crippen LogP contribution in [0.4, 0.5) is 0 Å². The summed E-state index contributed by atoms with van der Waals surface area (Å²) in [6.07, 6.45) is 5.40. The number of nitrogens with zero attached hydrogens (tertiary/aromatic N) is 2. The van der Waals surface area contributed by atoms with Gasteiger partial charge in [0.1, 0.15) is 0 Å². The summed E-state index contributed by atoms with van der Waals surface area (Å²) < 4.78 is 0. The van der Waals surface area contributed by atoms with Crippen molar-refractivity contribution in [2.45, 2.75) is 45.6 Å². The van der Waals surface area contributed by atoms with Crippen molar-refractivity contribution in [3.8, 4) is 0 Å². The molecule has 0 spiro atoms. The van der Waals surface area contributed by atoms with Crippen LogP contribution < -0.4 is 5.73 Å². The molecule has 2 N–H and O–H groups in total. The van der Waals surface area contributed by atoms with Crippen LogP contribution in [0.25, 0.3) is 0 Å². The van der Waals surface area contributed by atoms with Crippen LogP contribution in [0.15, 0.2) is 0 Å². The van der Waals surface area contributed by atoms with E-state index in [4.69, 9.17) is 5.73 Å². The normalized spacial score (nSPS) is 28.1. The second-order valence-electron chi connectivity index (χ2n) is 6.60. The third kappa shape index (κ3) is 3.67. The second kappa shape index (κ2) is 5.68. The highest BCUT2D eigenvalue weighted by Gasteiger charge is 2.29. The second-order valence-corrected chi connectivity index (χ2v) is 6.60. The van der Waals surface area contributed by atoms with Crippen molar-refractivity contribution in [2.75, 3.05) is 39.3 Å². The lowest BCUT2D eigenvalue weighted by molar-refractivity contribution is 0.195. The smallest absolute Gasteiger partial charge is 0.0223 e. The highest BCUT2D eigenvalue weighted by molar-refractivity contribution is 4.85. The molecule has 1 atom stereocenters. The van der Waals surface area contributed by atoms with Crippen molar-refractivity contribution < 1.29 is 0 Å². The lowest BCUT2D eigenvalue weighted by Gasteiger charge is -2.29.